The molecule has 1 nitrogen and oxygen atoms in total. The summed E-state index contributed by atoms with van der Waals surface area (Å²) in [5.41, 5.74) is 0.358. The highest BCUT2D eigenvalue weighted by atomic mass is 32.1. The molecule has 0 aliphatic heterocycles. The zero-order valence-electron chi connectivity index (χ0n) is 9.05. The molecular formula is C12H19NS. The average molecular weight is 209 g/mol. The van der Waals surface area contributed by atoms with Gasteiger partial charge in [-0.1, -0.05) is 6.07 Å². The van der Waals surface area contributed by atoms with E-state index in [0.29, 0.717) is 5.54 Å². The van der Waals surface area contributed by atoms with Gasteiger partial charge in [0.15, 0.2) is 0 Å². The molecular weight excluding hydrogens is 190 g/mol. The van der Waals surface area contributed by atoms with Gasteiger partial charge in [0.05, 0.1) is 0 Å². The fraction of sp³-hybridized carbons (Fsp3) is 0.667. The zero-order valence-corrected chi connectivity index (χ0v) is 9.86. The monoisotopic (exact) mass is 209 g/mol. The van der Waals surface area contributed by atoms with Crippen molar-refractivity contribution in [2.24, 2.45) is 5.92 Å². The van der Waals surface area contributed by atoms with Gasteiger partial charge >= 0.3 is 0 Å². The number of thiophene rings is 1. The van der Waals surface area contributed by atoms with Gasteiger partial charge in [-0.25, -0.2) is 0 Å². The molecule has 0 atom stereocenters. The molecule has 0 bridgehead atoms. The Morgan fingerprint density at radius 3 is 2.86 bits per heavy atom. The van der Waals surface area contributed by atoms with Crippen LogP contribution in [0.15, 0.2) is 17.5 Å². The number of hydrogen-bond donors (Lipinski definition) is 1. The van der Waals surface area contributed by atoms with E-state index in [1.54, 1.807) is 0 Å². The van der Waals surface area contributed by atoms with E-state index < -0.39 is 0 Å². The molecule has 1 aliphatic carbocycles. The van der Waals surface area contributed by atoms with Crippen molar-refractivity contribution in [3.05, 3.63) is 22.4 Å². The normalized spacial score (nSPS) is 17.3. The summed E-state index contributed by atoms with van der Waals surface area (Å²) in [7, 11) is 0. The van der Waals surface area contributed by atoms with Crippen LogP contribution in [0.25, 0.3) is 0 Å². The molecule has 14 heavy (non-hydrogen) atoms. The van der Waals surface area contributed by atoms with E-state index in [1.165, 1.54) is 24.1 Å². The van der Waals surface area contributed by atoms with Crippen LogP contribution in [0.4, 0.5) is 0 Å². The number of rotatable bonds is 5. The van der Waals surface area contributed by atoms with Crippen LogP contribution >= 0.6 is 11.3 Å². The Hall–Kier alpha value is -0.340. The summed E-state index contributed by atoms with van der Waals surface area (Å²) in [5, 5.41) is 5.82. The van der Waals surface area contributed by atoms with Crippen LogP contribution in [0.5, 0.6) is 0 Å². The summed E-state index contributed by atoms with van der Waals surface area (Å²) in [6.07, 6.45) is 4.01. The van der Waals surface area contributed by atoms with Crippen LogP contribution in [0.3, 0.4) is 0 Å². The third-order valence-corrected chi connectivity index (χ3v) is 4.07. The van der Waals surface area contributed by atoms with Crippen molar-refractivity contribution in [3.63, 3.8) is 0 Å². The van der Waals surface area contributed by atoms with E-state index in [9.17, 15) is 0 Å². The Bertz CT molecular complexity index is 273. The highest BCUT2D eigenvalue weighted by molar-refractivity contribution is 7.09. The standard InChI is InChI=1S/C12H19NS/c1-12(2,10-5-6-10)13-8-7-11-4-3-9-14-11/h3-4,9-10,13H,5-8H2,1-2H3. The highest BCUT2D eigenvalue weighted by Crippen LogP contribution is 2.39. The maximum Gasteiger partial charge on any atom is 0.0153 e. The summed E-state index contributed by atoms with van der Waals surface area (Å²) in [6.45, 7) is 5.78. The maximum atomic E-state index is 3.67. The molecule has 0 aromatic carbocycles. The van der Waals surface area contributed by atoms with Crippen molar-refractivity contribution in [2.45, 2.75) is 38.6 Å². The van der Waals surface area contributed by atoms with Gasteiger partial charge in [0.25, 0.3) is 0 Å². The van der Waals surface area contributed by atoms with E-state index in [-0.39, 0.29) is 0 Å². The van der Waals surface area contributed by atoms with Crippen LogP contribution in [0, 0.1) is 5.92 Å². The van der Waals surface area contributed by atoms with Gasteiger partial charge in [-0.2, -0.15) is 0 Å². The molecule has 1 aliphatic rings. The third kappa shape index (κ3) is 2.58. The summed E-state index contributed by atoms with van der Waals surface area (Å²) < 4.78 is 0. The second-order valence-electron chi connectivity index (χ2n) is 4.75. The van der Waals surface area contributed by atoms with Gasteiger partial charge in [-0.15, -0.1) is 11.3 Å². The van der Waals surface area contributed by atoms with Crippen LogP contribution in [0.2, 0.25) is 0 Å². The fourth-order valence-corrected chi connectivity index (χ4v) is 2.62. The Kier molecular flexibility index (Phi) is 2.93. The van der Waals surface area contributed by atoms with E-state index in [2.05, 4.69) is 36.7 Å². The fourth-order valence-electron chi connectivity index (χ4n) is 1.91. The Morgan fingerprint density at radius 1 is 1.50 bits per heavy atom. The summed E-state index contributed by atoms with van der Waals surface area (Å²) >= 11 is 1.86. The largest absolute Gasteiger partial charge is 0.311 e. The number of nitrogens with one attached hydrogen (secondary N) is 1. The Labute approximate surface area is 90.5 Å². The Morgan fingerprint density at radius 2 is 2.29 bits per heavy atom. The molecule has 1 aromatic heterocycles. The molecule has 0 spiro atoms. The highest BCUT2D eigenvalue weighted by Gasteiger charge is 2.36. The van der Waals surface area contributed by atoms with E-state index in [1.807, 2.05) is 11.3 Å². The van der Waals surface area contributed by atoms with Crippen molar-refractivity contribution >= 4 is 11.3 Å². The van der Waals surface area contributed by atoms with Crippen LogP contribution < -0.4 is 5.32 Å². The minimum Gasteiger partial charge on any atom is -0.311 e. The molecule has 0 saturated heterocycles. The number of hydrogen-bond acceptors (Lipinski definition) is 2. The first-order valence-corrected chi connectivity index (χ1v) is 6.34. The van der Waals surface area contributed by atoms with Gasteiger partial charge in [0.1, 0.15) is 0 Å². The lowest BCUT2D eigenvalue weighted by atomic mass is 9.99. The first-order chi connectivity index (χ1) is 6.68. The minimum absolute atomic E-state index is 0.358. The third-order valence-electron chi connectivity index (χ3n) is 3.13. The molecule has 1 aromatic rings. The lowest BCUT2D eigenvalue weighted by molar-refractivity contribution is 0.345. The van der Waals surface area contributed by atoms with E-state index >= 15 is 0 Å². The second-order valence-corrected chi connectivity index (χ2v) is 5.78. The van der Waals surface area contributed by atoms with Crippen molar-refractivity contribution < 1.29 is 0 Å². The zero-order chi connectivity index (χ0) is 10.0. The molecule has 1 saturated carbocycles. The molecule has 1 heterocycles. The van der Waals surface area contributed by atoms with Crippen LogP contribution in [-0.4, -0.2) is 12.1 Å². The van der Waals surface area contributed by atoms with Crippen molar-refractivity contribution in [2.75, 3.05) is 6.54 Å². The van der Waals surface area contributed by atoms with Crippen LogP contribution in [-0.2, 0) is 6.42 Å². The smallest absolute Gasteiger partial charge is 0.0153 e. The molecule has 1 fully saturated rings. The average Bonchev–Trinajstić information content (AvgIpc) is 2.87. The first kappa shape index (κ1) is 10.2. The van der Waals surface area contributed by atoms with Gasteiger partial charge in [-0.3, -0.25) is 0 Å². The molecule has 0 radical (unpaired) electrons. The van der Waals surface area contributed by atoms with Gasteiger partial charge in [-0.05, 0) is 50.5 Å². The Balaban J connectivity index is 1.72. The topological polar surface area (TPSA) is 12.0 Å². The molecule has 2 heteroatoms. The van der Waals surface area contributed by atoms with Gasteiger partial charge < -0.3 is 5.32 Å². The summed E-state index contributed by atoms with van der Waals surface area (Å²) in [5.74, 6) is 0.922. The molecule has 2 rings (SSSR count). The summed E-state index contributed by atoms with van der Waals surface area (Å²) in [6, 6.07) is 4.35. The quantitative estimate of drug-likeness (QED) is 0.786. The van der Waals surface area contributed by atoms with Crippen LogP contribution in [0.1, 0.15) is 31.6 Å². The summed E-state index contributed by atoms with van der Waals surface area (Å²) in [4.78, 5) is 1.49. The van der Waals surface area contributed by atoms with Gasteiger partial charge in [0.2, 0.25) is 0 Å². The SMILES string of the molecule is CC(C)(NCCc1cccs1)C1CC1. The predicted octanol–water partition coefficient (Wildman–Crippen LogP) is 3.07. The van der Waals surface area contributed by atoms with E-state index in [4.69, 9.17) is 0 Å². The van der Waals surface area contributed by atoms with Crippen molar-refractivity contribution in [1.29, 1.82) is 0 Å². The maximum absolute atomic E-state index is 3.67. The second kappa shape index (κ2) is 4.03. The van der Waals surface area contributed by atoms with Crippen molar-refractivity contribution in [1.82, 2.24) is 5.32 Å². The van der Waals surface area contributed by atoms with Crippen molar-refractivity contribution in [3.8, 4) is 0 Å². The lowest BCUT2D eigenvalue weighted by Gasteiger charge is -2.26. The first-order valence-electron chi connectivity index (χ1n) is 5.46. The predicted molar refractivity (Wildman–Crippen MR) is 62.8 cm³/mol. The van der Waals surface area contributed by atoms with Gasteiger partial charge in [0, 0.05) is 17.0 Å². The molecule has 78 valence electrons. The lowest BCUT2D eigenvalue weighted by Crippen LogP contribution is -2.42. The minimum atomic E-state index is 0.358. The molecule has 0 unspecified atom stereocenters. The van der Waals surface area contributed by atoms with E-state index in [0.717, 1.165) is 12.5 Å². The molecule has 1 N–H and O–H groups in total. The molecule has 0 amide bonds.